The molecule has 54 valence electrons. The van der Waals surface area contributed by atoms with Crippen molar-refractivity contribution in [1.82, 2.24) is 0 Å². The molecule has 1 heteroatoms. The molecule has 0 aromatic rings. The van der Waals surface area contributed by atoms with E-state index >= 15 is 0 Å². The lowest BCUT2D eigenvalue weighted by Gasteiger charge is -2.08. The van der Waals surface area contributed by atoms with Crippen molar-refractivity contribution in [3.63, 3.8) is 0 Å². The third-order valence-corrected chi connectivity index (χ3v) is 1.62. The van der Waals surface area contributed by atoms with Crippen LogP contribution in [0.3, 0.4) is 0 Å². The van der Waals surface area contributed by atoms with E-state index in [4.69, 9.17) is 5.73 Å². The van der Waals surface area contributed by atoms with E-state index in [0.29, 0.717) is 5.92 Å². The zero-order valence-corrected chi connectivity index (χ0v) is 6.48. The van der Waals surface area contributed by atoms with E-state index in [-0.39, 0.29) is 0 Å². The third kappa shape index (κ3) is 4.07. The fraction of sp³-hybridized carbons (Fsp3) is 0.750. The maximum Gasteiger partial charge on any atom is 0.00362 e. The Labute approximate surface area is 57.9 Å². The molecule has 1 unspecified atom stereocenters. The summed E-state index contributed by atoms with van der Waals surface area (Å²) >= 11 is 0. The summed E-state index contributed by atoms with van der Waals surface area (Å²) in [5, 5.41) is 0. The van der Waals surface area contributed by atoms with Crippen LogP contribution < -0.4 is 5.73 Å². The lowest BCUT2D eigenvalue weighted by atomic mass is 10.0. The summed E-state index contributed by atoms with van der Waals surface area (Å²) in [6, 6.07) is 0. The van der Waals surface area contributed by atoms with Crippen LogP contribution in [0.25, 0.3) is 0 Å². The van der Waals surface area contributed by atoms with E-state index in [1.54, 1.807) is 0 Å². The number of allylic oxidation sites excluding steroid dienone is 1. The van der Waals surface area contributed by atoms with Crippen molar-refractivity contribution in [1.29, 1.82) is 0 Å². The van der Waals surface area contributed by atoms with Crippen LogP contribution in [0.15, 0.2) is 12.3 Å². The SMILES string of the molecule is C=C(N)C(C)CCCC. The maximum atomic E-state index is 5.48. The molecule has 0 aromatic carbocycles. The molecule has 0 spiro atoms. The van der Waals surface area contributed by atoms with Crippen molar-refractivity contribution in [3.8, 4) is 0 Å². The van der Waals surface area contributed by atoms with Gasteiger partial charge in [-0.05, 0) is 12.3 Å². The van der Waals surface area contributed by atoms with Gasteiger partial charge in [-0.15, -0.1) is 0 Å². The van der Waals surface area contributed by atoms with Gasteiger partial charge in [0.1, 0.15) is 0 Å². The first-order valence-electron chi connectivity index (χ1n) is 3.62. The summed E-state index contributed by atoms with van der Waals surface area (Å²) in [5.41, 5.74) is 6.30. The Morgan fingerprint density at radius 3 is 2.56 bits per heavy atom. The van der Waals surface area contributed by atoms with Gasteiger partial charge >= 0.3 is 0 Å². The zero-order chi connectivity index (χ0) is 7.28. The molecular formula is C8H17N. The van der Waals surface area contributed by atoms with Crippen molar-refractivity contribution < 1.29 is 0 Å². The second kappa shape index (κ2) is 4.42. The molecule has 0 aliphatic carbocycles. The first-order valence-corrected chi connectivity index (χ1v) is 3.62. The molecule has 0 rings (SSSR count). The highest BCUT2D eigenvalue weighted by Gasteiger charge is 2.00. The Morgan fingerprint density at radius 1 is 1.67 bits per heavy atom. The van der Waals surface area contributed by atoms with Crippen LogP contribution in [-0.4, -0.2) is 0 Å². The number of unbranched alkanes of at least 4 members (excludes halogenated alkanes) is 1. The summed E-state index contributed by atoms with van der Waals surface area (Å²) in [4.78, 5) is 0. The van der Waals surface area contributed by atoms with Gasteiger partial charge in [-0.1, -0.05) is 33.3 Å². The Morgan fingerprint density at radius 2 is 2.22 bits per heavy atom. The molecule has 0 radical (unpaired) electrons. The van der Waals surface area contributed by atoms with Crippen molar-refractivity contribution >= 4 is 0 Å². The van der Waals surface area contributed by atoms with Gasteiger partial charge in [-0.3, -0.25) is 0 Å². The van der Waals surface area contributed by atoms with Crippen LogP contribution in [-0.2, 0) is 0 Å². The maximum absolute atomic E-state index is 5.48. The molecule has 1 atom stereocenters. The fourth-order valence-electron chi connectivity index (χ4n) is 0.696. The normalized spacial score (nSPS) is 13.1. The van der Waals surface area contributed by atoms with Crippen molar-refractivity contribution in [2.24, 2.45) is 11.7 Å². The average Bonchev–Trinajstić information content (AvgIpc) is 1.82. The summed E-state index contributed by atoms with van der Waals surface area (Å²) in [5.74, 6) is 0.505. The van der Waals surface area contributed by atoms with Crippen molar-refractivity contribution in [2.45, 2.75) is 33.1 Å². The highest BCUT2D eigenvalue weighted by atomic mass is 14.6. The van der Waals surface area contributed by atoms with Crippen LogP contribution in [0.2, 0.25) is 0 Å². The van der Waals surface area contributed by atoms with Crippen LogP contribution in [0.5, 0.6) is 0 Å². The molecule has 2 N–H and O–H groups in total. The number of nitrogens with two attached hydrogens (primary N) is 1. The zero-order valence-electron chi connectivity index (χ0n) is 6.48. The highest BCUT2D eigenvalue weighted by Crippen LogP contribution is 2.10. The Kier molecular flexibility index (Phi) is 4.20. The summed E-state index contributed by atoms with van der Waals surface area (Å²) in [6.45, 7) is 8.00. The summed E-state index contributed by atoms with van der Waals surface area (Å²) < 4.78 is 0. The Bertz CT molecular complexity index is 86.6. The van der Waals surface area contributed by atoms with E-state index in [9.17, 15) is 0 Å². The number of hydrogen-bond acceptors (Lipinski definition) is 1. The second-order valence-corrected chi connectivity index (χ2v) is 2.62. The lowest BCUT2D eigenvalue weighted by Crippen LogP contribution is -2.06. The summed E-state index contributed by atoms with van der Waals surface area (Å²) in [6.07, 6.45) is 3.70. The summed E-state index contributed by atoms with van der Waals surface area (Å²) in [7, 11) is 0. The van der Waals surface area contributed by atoms with Crippen LogP contribution in [0.1, 0.15) is 33.1 Å². The van der Waals surface area contributed by atoms with Crippen LogP contribution in [0, 0.1) is 5.92 Å². The quantitative estimate of drug-likeness (QED) is 0.616. The molecule has 0 fully saturated rings. The fourth-order valence-corrected chi connectivity index (χ4v) is 0.696. The molecule has 0 saturated carbocycles. The van der Waals surface area contributed by atoms with Gasteiger partial charge in [0.25, 0.3) is 0 Å². The smallest absolute Gasteiger partial charge is 0.00362 e. The van der Waals surface area contributed by atoms with E-state index in [2.05, 4.69) is 20.4 Å². The standard InChI is InChI=1S/C8H17N/c1-4-5-6-7(2)8(3)9/h7H,3-6,9H2,1-2H3. The molecule has 1 nitrogen and oxygen atoms in total. The monoisotopic (exact) mass is 127 g/mol. The highest BCUT2D eigenvalue weighted by molar-refractivity contribution is 4.91. The minimum Gasteiger partial charge on any atom is -0.402 e. The van der Waals surface area contributed by atoms with E-state index < -0.39 is 0 Å². The topological polar surface area (TPSA) is 26.0 Å². The van der Waals surface area contributed by atoms with Crippen molar-refractivity contribution in [3.05, 3.63) is 12.3 Å². The van der Waals surface area contributed by atoms with Gasteiger partial charge in [0.2, 0.25) is 0 Å². The molecule has 0 aliphatic rings. The first-order chi connectivity index (χ1) is 4.18. The van der Waals surface area contributed by atoms with Gasteiger partial charge in [0.15, 0.2) is 0 Å². The predicted molar refractivity (Wildman–Crippen MR) is 42.0 cm³/mol. The molecular weight excluding hydrogens is 110 g/mol. The largest absolute Gasteiger partial charge is 0.402 e. The van der Waals surface area contributed by atoms with E-state index in [1.807, 2.05) is 0 Å². The second-order valence-electron chi connectivity index (χ2n) is 2.62. The number of hydrogen-bond donors (Lipinski definition) is 1. The Balaban J connectivity index is 3.27. The molecule has 0 amide bonds. The third-order valence-electron chi connectivity index (χ3n) is 1.62. The first kappa shape index (κ1) is 8.54. The minimum absolute atomic E-state index is 0.505. The predicted octanol–water partition coefficient (Wildman–Crippen LogP) is 2.29. The number of rotatable bonds is 4. The van der Waals surface area contributed by atoms with Crippen LogP contribution >= 0.6 is 0 Å². The molecule has 0 heterocycles. The molecule has 0 aliphatic heterocycles. The molecule has 0 bridgehead atoms. The van der Waals surface area contributed by atoms with Gasteiger partial charge < -0.3 is 5.73 Å². The van der Waals surface area contributed by atoms with E-state index in [0.717, 1.165) is 5.70 Å². The van der Waals surface area contributed by atoms with Gasteiger partial charge in [0, 0.05) is 5.70 Å². The average molecular weight is 127 g/mol. The van der Waals surface area contributed by atoms with Gasteiger partial charge in [-0.25, -0.2) is 0 Å². The Hall–Kier alpha value is -0.460. The van der Waals surface area contributed by atoms with Gasteiger partial charge in [-0.2, -0.15) is 0 Å². The molecule has 0 aromatic heterocycles. The molecule has 9 heavy (non-hydrogen) atoms. The molecule has 0 saturated heterocycles. The van der Waals surface area contributed by atoms with E-state index in [1.165, 1.54) is 19.3 Å². The van der Waals surface area contributed by atoms with Crippen molar-refractivity contribution in [2.75, 3.05) is 0 Å². The van der Waals surface area contributed by atoms with Gasteiger partial charge in [0.05, 0.1) is 0 Å². The minimum atomic E-state index is 0.505. The van der Waals surface area contributed by atoms with Crippen LogP contribution in [0.4, 0.5) is 0 Å². The lowest BCUT2D eigenvalue weighted by molar-refractivity contribution is 0.569.